The molecule has 0 bridgehead atoms. The van der Waals surface area contributed by atoms with E-state index < -0.39 is 12.0 Å². The number of amides is 1. The fourth-order valence-corrected chi connectivity index (χ4v) is 1.77. The van der Waals surface area contributed by atoms with Gasteiger partial charge in [0.1, 0.15) is 6.04 Å². The first kappa shape index (κ1) is 16.1. The molecule has 0 radical (unpaired) electrons. The molecule has 0 aromatic carbocycles. The zero-order valence-corrected chi connectivity index (χ0v) is 12.2. The molecule has 112 valence electrons. The van der Waals surface area contributed by atoms with Gasteiger partial charge in [0, 0.05) is 12.5 Å². The number of rotatable bonds is 6. The molecule has 0 saturated heterocycles. The summed E-state index contributed by atoms with van der Waals surface area (Å²) in [5, 5.41) is 10.5. The summed E-state index contributed by atoms with van der Waals surface area (Å²) in [4.78, 5) is 23.6. The minimum Gasteiger partial charge on any atom is -0.464 e. The molecule has 20 heavy (non-hydrogen) atoms. The first-order chi connectivity index (χ1) is 9.42. The van der Waals surface area contributed by atoms with Crippen molar-refractivity contribution in [1.29, 1.82) is 0 Å². The fraction of sp³-hybridized carbons (Fsp3) is 0.667. The van der Waals surface area contributed by atoms with Gasteiger partial charge in [0.25, 0.3) is 0 Å². The van der Waals surface area contributed by atoms with E-state index in [-0.39, 0.29) is 17.6 Å². The number of methoxy groups -OCH3 is 1. The fourth-order valence-electron chi connectivity index (χ4n) is 1.77. The lowest BCUT2D eigenvalue weighted by molar-refractivity contribution is -0.124. The van der Waals surface area contributed by atoms with Crippen LogP contribution in [0, 0.1) is 0 Å². The van der Waals surface area contributed by atoms with Crippen molar-refractivity contribution in [3.63, 3.8) is 0 Å². The summed E-state index contributed by atoms with van der Waals surface area (Å²) in [7, 11) is 1.27. The van der Waals surface area contributed by atoms with Gasteiger partial charge in [0.15, 0.2) is 5.69 Å². The summed E-state index contributed by atoms with van der Waals surface area (Å²) in [6.07, 6.45) is 0.386. The predicted molar refractivity (Wildman–Crippen MR) is 72.1 cm³/mol. The molecule has 1 heterocycles. The van der Waals surface area contributed by atoms with E-state index in [2.05, 4.69) is 20.4 Å². The molecule has 0 spiro atoms. The molecule has 3 N–H and O–H groups in total. The number of carbonyl (C=O) groups is 2. The Morgan fingerprint density at radius 3 is 2.55 bits per heavy atom. The molecule has 1 unspecified atom stereocenters. The zero-order valence-electron chi connectivity index (χ0n) is 12.2. The number of hydrogen-bond donors (Lipinski definition) is 2. The van der Waals surface area contributed by atoms with E-state index in [1.807, 2.05) is 13.8 Å². The molecule has 0 aliphatic carbocycles. The van der Waals surface area contributed by atoms with Gasteiger partial charge in [-0.2, -0.15) is 0 Å². The highest BCUT2D eigenvalue weighted by Crippen LogP contribution is 2.14. The number of esters is 1. The van der Waals surface area contributed by atoms with E-state index in [9.17, 15) is 9.59 Å². The van der Waals surface area contributed by atoms with Gasteiger partial charge in [0.05, 0.1) is 12.8 Å². The Morgan fingerprint density at radius 2 is 2.05 bits per heavy atom. The van der Waals surface area contributed by atoms with Crippen LogP contribution in [0.25, 0.3) is 0 Å². The number of nitrogens with zero attached hydrogens (tertiary/aromatic N) is 3. The summed E-state index contributed by atoms with van der Waals surface area (Å²) in [5.41, 5.74) is 6.14. The molecule has 0 saturated carbocycles. The van der Waals surface area contributed by atoms with Crippen LogP contribution < -0.4 is 11.1 Å². The van der Waals surface area contributed by atoms with E-state index in [1.165, 1.54) is 11.8 Å². The molecular formula is C12H21N5O3. The van der Waals surface area contributed by atoms with Crippen LogP contribution >= 0.6 is 0 Å². The summed E-state index contributed by atoms with van der Waals surface area (Å²) >= 11 is 0. The largest absolute Gasteiger partial charge is 0.464 e. The highest BCUT2D eigenvalue weighted by Gasteiger charge is 2.25. The smallest absolute Gasteiger partial charge is 0.360 e. The van der Waals surface area contributed by atoms with Crippen LogP contribution in [0.15, 0.2) is 0 Å². The molecular weight excluding hydrogens is 262 g/mol. The summed E-state index contributed by atoms with van der Waals surface area (Å²) in [6, 6.07) is -0.559. The molecule has 1 aromatic heterocycles. The molecule has 1 amide bonds. The van der Waals surface area contributed by atoms with Crippen LogP contribution in [0.5, 0.6) is 0 Å². The van der Waals surface area contributed by atoms with Crippen molar-refractivity contribution in [2.45, 2.75) is 39.3 Å². The minimum absolute atomic E-state index is 0.0199. The Morgan fingerprint density at radius 1 is 1.40 bits per heavy atom. The quantitative estimate of drug-likeness (QED) is 0.690. The predicted octanol–water partition coefficient (Wildman–Crippen LogP) is -0.348. The summed E-state index contributed by atoms with van der Waals surface area (Å²) in [5.74, 6) is -0.782. The van der Waals surface area contributed by atoms with Crippen LogP contribution in [0.3, 0.4) is 0 Å². The maximum absolute atomic E-state index is 12.0. The van der Waals surface area contributed by atoms with Crippen molar-refractivity contribution in [3.05, 3.63) is 11.4 Å². The van der Waals surface area contributed by atoms with E-state index in [4.69, 9.17) is 5.73 Å². The number of ether oxygens (including phenoxy) is 1. The molecule has 1 rings (SSSR count). The average Bonchev–Trinajstić information content (AvgIpc) is 2.80. The van der Waals surface area contributed by atoms with Crippen molar-refractivity contribution in [2.75, 3.05) is 13.7 Å². The molecule has 1 aromatic rings. The maximum atomic E-state index is 12.0. The SMILES string of the molecule is COC(=O)c1nnn(C(C)C(=O)NC(C)C)c1CCN. The van der Waals surface area contributed by atoms with Gasteiger partial charge in [-0.05, 0) is 27.3 Å². The van der Waals surface area contributed by atoms with E-state index in [1.54, 1.807) is 6.92 Å². The maximum Gasteiger partial charge on any atom is 0.360 e. The second-order valence-electron chi connectivity index (χ2n) is 4.70. The minimum atomic E-state index is -0.587. The molecule has 0 fully saturated rings. The topological polar surface area (TPSA) is 112 Å². The van der Waals surface area contributed by atoms with Crippen molar-refractivity contribution in [3.8, 4) is 0 Å². The number of aromatic nitrogens is 3. The molecule has 0 aliphatic heterocycles. The molecule has 1 atom stereocenters. The van der Waals surface area contributed by atoms with Gasteiger partial charge < -0.3 is 15.8 Å². The van der Waals surface area contributed by atoms with Crippen LogP contribution in [-0.4, -0.2) is 46.6 Å². The number of hydrogen-bond acceptors (Lipinski definition) is 6. The van der Waals surface area contributed by atoms with E-state index in [0.29, 0.717) is 18.7 Å². The Bertz CT molecular complexity index is 483. The highest BCUT2D eigenvalue weighted by molar-refractivity contribution is 5.88. The summed E-state index contributed by atoms with van der Waals surface area (Å²) in [6.45, 7) is 5.74. The normalized spacial score (nSPS) is 12.3. The lowest BCUT2D eigenvalue weighted by Crippen LogP contribution is -2.36. The van der Waals surface area contributed by atoms with Crippen molar-refractivity contribution < 1.29 is 14.3 Å². The molecule has 8 heteroatoms. The van der Waals surface area contributed by atoms with Crippen LogP contribution in [0.2, 0.25) is 0 Å². The lowest BCUT2D eigenvalue weighted by Gasteiger charge is -2.16. The standard InChI is InChI=1S/C12H21N5O3/c1-7(2)14-11(18)8(3)17-9(5-6-13)10(15-16-17)12(19)20-4/h7-8H,5-6,13H2,1-4H3,(H,14,18). The van der Waals surface area contributed by atoms with Crippen molar-refractivity contribution in [1.82, 2.24) is 20.3 Å². The average molecular weight is 283 g/mol. The second kappa shape index (κ2) is 6.99. The first-order valence-corrected chi connectivity index (χ1v) is 6.45. The van der Waals surface area contributed by atoms with Crippen LogP contribution in [0.4, 0.5) is 0 Å². The highest BCUT2D eigenvalue weighted by atomic mass is 16.5. The number of nitrogens with two attached hydrogens (primary N) is 1. The van der Waals surface area contributed by atoms with Gasteiger partial charge in [-0.25, -0.2) is 9.48 Å². The Hall–Kier alpha value is -1.96. The third-order valence-electron chi connectivity index (χ3n) is 2.73. The number of carbonyl (C=O) groups excluding carboxylic acids is 2. The van der Waals surface area contributed by atoms with Crippen LogP contribution in [-0.2, 0) is 16.0 Å². The number of nitrogens with one attached hydrogen (secondary N) is 1. The van der Waals surface area contributed by atoms with E-state index in [0.717, 1.165) is 0 Å². The van der Waals surface area contributed by atoms with Gasteiger partial charge in [0.2, 0.25) is 5.91 Å². The molecule has 0 aliphatic rings. The Balaban J connectivity index is 3.08. The Kier molecular flexibility index (Phi) is 5.63. The second-order valence-corrected chi connectivity index (χ2v) is 4.70. The van der Waals surface area contributed by atoms with Crippen LogP contribution in [0.1, 0.15) is 43.0 Å². The third-order valence-corrected chi connectivity index (χ3v) is 2.73. The van der Waals surface area contributed by atoms with Gasteiger partial charge >= 0.3 is 5.97 Å². The van der Waals surface area contributed by atoms with E-state index >= 15 is 0 Å². The lowest BCUT2D eigenvalue weighted by atomic mass is 10.2. The molecule has 8 nitrogen and oxygen atoms in total. The van der Waals surface area contributed by atoms with Crippen molar-refractivity contribution in [2.24, 2.45) is 5.73 Å². The zero-order chi connectivity index (χ0) is 15.3. The van der Waals surface area contributed by atoms with Gasteiger partial charge in [-0.1, -0.05) is 5.21 Å². The van der Waals surface area contributed by atoms with Gasteiger partial charge in [-0.15, -0.1) is 5.10 Å². The third kappa shape index (κ3) is 3.53. The monoisotopic (exact) mass is 283 g/mol. The van der Waals surface area contributed by atoms with Crippen molar-refractivity contribution >= 4 is 11.9 Å². The summed E-state index contributed by atoms with van der Waals surface area (Å²) < 4.78 is 6.06. The first-order valence-electron chi connectivity index (χ1n) is 6.45. The Labute approximate surface area is 117 Å². The van der Waals surface area contributed by atoms with Gasteiger partial charge in [-0.3, -0.25) is 4.79 Å².